The fourth-order valence-electron chi connectivity index (χ4n) is 3.91. The summed E-state index contributed by atoms with van der Waals surface area (Å²) < 4.78 is 41.6. The first-order valence-electron chi connectivity index (χ1n) is 10.1. The zero-order valence-electron chi connectivity index (χ0n) is 16.9. The van der Waals surface area contributed by atoms with Crippen LogP contribution in [0.4, 0.5) is 19.0 Å². The normalized spacial score (nSPS) is 14.1. The van der Waals surface area contributed by atoms with Crippen LogP contribution in [0.25, 0.3) is 21.6 Å². The Bertz CT molecular complexity index is 1310. The molecule has 3 aromatic heterocycles. The monoisotopic (exact) mass is 475 g/mol. The summed E-state index contributed by atoms with van der Waals surface area (Å²) in [6.45, 7) is 2.58. The molecule has 0 fully saturated rings. The number of benzene rings is 1. The van der Waals surface area contributed by atoms with Crippen LogP contribution in [-0.4, -0.2) is 26.5 Å². The Morgan fingerprint density at radius 3 is 2.59 bits per heavy atom. The summed E-state index contributed by atoms with van der Waals surface area (Å²) in [4.78, 5) is 21.0. The maximum absolute atomic E-state index is 13.9. The van der Waals surface area contributed by atoms with Crippen molar-refractivity contribution in [1.29, 1.82) is 0 Å². The summed E-state index contributed by atoms with van der Waals surface area (Å²) >= 11 is 7.71. The van der Waals surface area contributed by atoms with Crippen LogP contribution < -0.4 is 4.90 Å². The van der Waals surface area contributed by atoms with E-state index in [2.05, 4.69) is 26.9 Å². The van der Waals surface area contributed by atoms with Gasteiger partial charge in [0.1, 0.15) is 10.6 Å². The fraction of sp³-hybridized carbons (Fsp3) is 0.273. The number of nitrogens with zero attached hydrogens (tertiary/aromatic N) is 5. The van der Waals surface area contributed by atoms with Crippen molar-refractivity contribution >= 4 is 39.0 Å². The minimum Gasteiger partial charge on any atom is -0.350 e. The minimum atomic E-state index is -4.56. The lowest BCUT2D eigenvalue weighted by molar-refractivity contribution is -0.141. The van der Waals surface area contributed by atoms with E-state index in [1.807, 2.05) is 11.0 Å². The number of aryl methyl sites for hydroxylation is 1. The Morgan fingerprint density at radius 2 is 1.88 bits per heavy atom. The van der Waals surface area contributed by atoms with Crippen molar-refractivity contribution in [2.75, 3.05) is 11.4 Å². The van der Waals surface area contributed by atoms with Gasteiger partial charge in [-0.15, -0.1) is 11.3 Å². The summed E-state index contributed by atoms with van der Waals surface area (Å²) in [6.07, 6.45) is -3.55. The molecule has 164 valence electrons. The van der Waals surface area contributed by atoms with E-state index < -0.39 is 11.9 Å². The second kappa shape index (κ2) is 7.97. The van der Waals surface area contributed by atoms with E-state index >= 15 is 0 Å². The van der Waals surface area contributed by atoms with Gasteiger partial charge in [-0.1, -0.05) is 37.3 Å². The average Bonchev–Trinajstić information content (AvgIpc) is 3.20. The molecule has 0 aliphatic carbocycles. The van der Waals surface area contributed by atoms with Gasteiger partial charge in [0.25, 0.3) is 0 Å². The van der Waals surface area contributed by atoms with Crippen LogP contribution in [0.15, 0.2) is 36.4 Å². The SMILES string of the molecule is CCc1cc2c(N3CCc4c(nc(-c5ccccc5)nc4C(F)(F)F)C3)nc(Cl)nc2s1. The van der Waals surface area contributed by atoms with Crippen LogP contribution >= 0.6 is 22.9 Å². The number of aromatic nitrogens is 4. The number of hydrogen-bond acceptors (Lipinski definition) is 6. The molecule has 5 rings (SSSR count). The van der Waals surface area contributed by atoms with Gasteiger partial charge < -0.3 is 4.90 Å². The first-order valence-corrected chi connectivity index (χ1v) is 11.3. The molecular formula is C22H17ClF3N5S. The number of thiophene rings is 1. The maximum Gasteiger partial charge on any atom is 0.433 e. The van der Waals surface area contributed by atoms with Crippen LogP contribution in [0.2, 0.25) is 5.28 Å². The lowest BCUT2D eigenvalue weighted by Crippen LogP contribution is -2.34. The molecule has 5 nitrogen and oxygen atoms in total. The first kappa shape index (κ1) is 21.1. The van der Waals surface area contributed by atoms with Gasteiger partial charge in [0, 0.05) is 22.5 Å². The fourth-order valence-corrected chi connectivity index (χ4v) is 5.08. The van der Waals surface area contributed by atoms with Gasteiger partial charge in [-0.05, 0) is 30.5 Å². The van der Waals surface area contributed by atoms with E-state index in [-0.39, 0.29) is 29.6 Å². The Kier molecular flexibility index (Phi) is 5.25. The standard InChI is InChI=1S/C22H17ClF3N5S/c1-2-13-10-15-19(29-21(23)30-20(15)32-13)31-9-8-14-16(11-31)27-18(12-6-4-3-5-7-12)28-17(14)22(24,25)26/h3-7,10H,2,8-9,11H2,1H3. The van der Waals surface area contributed by atoms with Gasteiger partial charge in [0.15, 0.2) is 11.5 Å². The summed E-state index contributed by atoms with van der Waals surface area (Å²) in [5, 5.41) is 0.972. The van der Waals surface area contributed by atoms with Crippen molar-refractivity contribution in [2.24, 2.45) is 0 Å². The third-order valence-corrected chi connectivity index (χ3v) is 6.75. The highest BCUT2D eigenvalue weighted by atomic mass is 35.5. The lowest BCUT2D eigenvalue weighted by Gasteiger charge is -2.31. The largest absolute Gasteiger partial charge is 0.433 e. The Morgan fingerprint density at radius 1 is 1.09 bits per heavy atom. The molecule has 4 heterocycles. The molecule has 1 aromatic carbocycles. The topological polar surface area (TPSA) is 54.8 Å². The van der Waals surface area contributed by atoms with Crippen LogP contribution in [0.1, 0.15) is 28.8 Å². The van der Waals surface area contributed by atoms with Gasteiger partial charge in [0.05, 0.1) is 17.6 Å². The smallest absolute Gasteiger partial charge is 0.350 e. The highest BCUT2D eigenvalue weighted by molar-refractivity contribution is 7.18. The van der Waals surface area contributed by atoms with Gasteiger partial charge in [-0.3, -0.25) is 0 Å². The molecule has 0 atom stereocenters. The molecule has 32 heavy (non-hydrogen) atoms. The first-order chi connectivity index (χ1) is 15.3. The highest BCUT2D eigenvalue weighted by Gasteiger charge is 2.39. The molecule has 1 aliphatic heterocycles. The molecule has 0 spiro atoms. The summed E-state index contributed by atoms with van der Waals surface area (Å²) in [6, 6.07) is 10.7. The summed E-state index contributed by atoms with van der Waals surface area (Å²) in [7, 11) is 0. The van der Waals surface area contributed by atoms with E-state index in [4.69, 9.17) is 11.6 Å². The number of anilines is 1. The molecule has 0 unspecified atom stereocenters. The number of alkyl halides is 3. The molecule has 10 heteroatoms. The average molecular weight is 476 g/mol. The molecular weight excluding hydrogens is 459 g/mol. The molecule has 1 aliphatic rings. The maximum atomic E-state index is 13.9. The second-order valence-corrected chi connectivity index (χ2v) is 8.91. The molecule has 0 bridgehead atoms. The van der Waals surface area contributed by atoms with Crippen molar-refractivity contribution in [3.63, 3.8) is 0 Å². The number of halogens is 4. The van der Waals surface area contributed by atoms with Gasteiger partial charge in [0.2, 0.25) is 5.28 Å². The Hall–Kier alpha value is -2.78. The van der Waals surface area contributed by atoms with Crippen molar-refractivity contribution in [3.8, 4) is 11.4 Å². The van der Waals surface area contributed by atoms with Gasteiger partial charge in [-0.2, -0.15) is 18.2 Å². The van der Waals surface area contributed by atoms with E-state index in [0.29, 0.717) is 23.6 Å². The Labute approximate surface area is 190 Å². The molecule has 0 N–H and O–H groups in total. The molecule has 0 amide bonds. The predicted octanol–water partition coefficient (Wildman–Crippen LogP) is 5.95. The number of rotatable bonds is 3. The van der Waals surface area contributed by atoms with Gasteiger partial charge >= 0.3 is 6.18 Å². The highest BCUT2D eigenvalue weighted by Crippen LogP contribution is 2.38. The second-order valence-electron chi connectivity index (χ2n) is 7.46. The van der Waals surface area contributed by atoms with Crippen molar-refractivity contribution < 1.29 is 13.2 Å². The van der Waals surface area contributed by atoms with Crippen molar-refractivity contribution in [2.45, 2.75) is 32.5 Å². The van der Waals surface area contributed by atoms with E-state index in [1.165, 1.54) is 0 Å². The van der Waals surface area contributed by atoms with E-state index in [9.17, 15) is 13.2 Å². The van der Waals surface area contributed by atoms with Crippen LogP contribution in [0.3, 0.4) is 0 Å². The molecule has 0 radical (unpaired) electrons. The third-order valence-electron chi connectivity index (χ3n) is 5.41. The van der Waals surface area contributed by atoms with Crippen LogP contribution in [0, 0.1) is 0 Å². The summed E-state index contributed by atoms with van der Waals surface area (Å²) in [5.41, 5.74) is 0.169. The zero-order valence-corrected chi connectivity index (χ0v) is 18.5. The Balaban J connectivity index is 1.62. The lowest BCUT2D eigenvalue weighted by atomic mass is 10.0. The van der Waals surface area contributed by atoms with Crippen LogP contribution in [-0.2, 0) is 25.6 Å². The van der Waals surface area contributed by atoms with Crippen molar-refractivity contribution in [1.82, 2.24) is 19.9 Å². The van der Waals surface area contributed by atoms with E-state index in [1.54, 1.807) is 41.7 Å². The van der Waals surface area contributed by atoms with Gasteiger partial charge in [-0.25, -0.2) is 15.0 Å². The molecule has 4 aromatic rings. The quantitative estimate of drug-likeness (QED) is 0.343. The molecule has 0 saturated carbocycles. The van der Waals surface area contributed by atoms with E-state index in [0.717, 1.165) is 21.5 Å². The van der Waals surface area contributed by atoms with Crippen LogP contribution in [0.5, 0.6) is 0 Å². The van der Waals surface area contributed by atoms with Crippen molar-refractivity contribution in [3.05, 3.63) is 63.5 Å². The summed E-state index contributed by atoms with van der Waals surface area (Å²) in [5.74, 6) is 0.684. The number of fused-ring (bicyclic) bond motifs is 2. The molecule has 0 saturated heterocycles. The number of hydrogen-bond donors (Lipinski definition) is 0. The predicted molar refractivity (Wildman–Crippen MR) is 119 cm³/mol. The third kappa shape index (κ3) is 3.80. The minimum absolute atomic E-state index is 0.0631. The zero-order chi connectivity index (χ0) is 22.5.